The summed E-state index contributed by atoms with van der Waals surface area (Å²) in [5.74, 6) is -7.17. The van der Waals surface area contributed by atoms with Crippen molar-refractivity contribution in [2.45, 2.75) is 68.5 Å². The third-order valence-corrected chi connectivity index (χ3v) is 11.1. The molecule has 1 fully saturated rings. The van der Waals surface area contributed by atoms with Gasteiger partial charge in [0.15, 0.2) is 11.2 Å². The van der Waals surface area contributed by atoms with Gasteiger partial charge in [0.2, 0.25) is 17.3 Å². The Morgan fingerprint density at radius 1 is 1.04 bits per heavy atom. The van der Waals surface area contributed by atoms with Gasteiger partial charge in [0, 0.05) is 57.6 Å². The first kappa shape index (κ1) is 40.1. The number of Topliss-reactive ketones (excluding diaryl/α,β-unsaturated/α-hetero) is 3. The molecule has 296 valence electrons. The number of fused-ring (bicyclic) bond motifs is 5. The molecule has 17 heteroatoms. The zero-order valence-corrected chi connectivity index (χ0v) is 31.0. The van der Waals surface area contributed by atoms with Gasteiger partial charge in [0.25, 0.3) is 0 Å². The minimum Gasteiger partial charge on any atom is -0.507 e. The average molecular weight is 769 g/mol. The molecule has 2 aromatic rings. The maximum absolute atomic E-state index is 14.9. The predicted octanol–water partition coefficient (Wildman–Crippen LogP) is -0.0136. The summed E-state index contributed by atoms with van der Waals surface area (Å²) in [7, 11) is 4.90. The summed E-state index contributed by atoms with van der Waals surface area (Å²) in [6.45, 7) is 2.96. The zero-order valence-electron chi connectivity index (χ0n) is 31.0. The largest absolute Gasteiger partial charge is 0.507 e. The molecule has 7 N–H and O–H groups in total. The summed E-state index contributed by atoms with van der Waals surface area (Å²) < 4.78 is 26.9. The normalized spacial score (nSPS) is 30.6. The molecule has 1 heterocycles. The van der Waals surface area contributed by atoms with Gasteiger partial charge < -0.3 is 59.6 Å². The second-order valence-corrected chi connectivity index (χ2v) is 14.0. The second kappa shape index (κ2) is 14.8. The lowest BCUT2D eigenvalue weighted by molar-refractivity contribution is -0.214. The summed E-state index contributed by atoms with van der Waals surface area (Å²) in [5, 5.41) is 71.8. The van der Waals surface area contributed by atoms with Gasteiger partial charge in [-0.3, -0.25) is 19.4 Å². The first-order chi connectivity index (χ1) is 26.1. The lowest BCUT2D eigenvalue weighted by atomic mass is 9.56. The Kier molecular flexibility index (Phi) is 10.8. The highest BCUT2D eigenvalue weighted by molar-refractivity contribution is 6.31. The van der Waals surface area contributed by atoms with Crippen LogP contribution in [-0.2, 0) is 35.7 Å². The van der Waals surface area contributed by atoms with Crippen molar-refractivity contribution >= 4 is 29.0 Å². The number of methoxy groups -OCH3 is 4. The van der Waals surface area contributed by atoms with Crippen LogP contribution in [0.25, 0.3) is 0 Å². The molecule has 1 aliphatic heterocycles. The number of esters is 1. The zero-order chi connectivity index (χ0) is 40.3. The molecule has 6 rings (SSSR count). The highest BCUT2D eigenvalue weighted by Gasteiger charge is 2.72. The number of aryl methyl sites for hydroxylation is 1. The number of aromatic hydroxyl groups is 2. The molecule has 0 amide bonds. The van der Waals surface area contributed by atoms with E-state index in [9.17, 15) is 49.8 Å². The molecule has 0 saturated carbocycles. The van der Waals surface area contributed by atoms with Crippen LogP contribution in [-0.4, -0.2) is 144 Å². The van der Waals surface area contributed by atoms with Gasteiger partial charge in [-0.2, -0.15) is 0 Å². The molecule has 0 bridgehead atoms. The van der Waals surface area contributed by atoms with E-state index in [4.69, 9.17) is 23.7 Å². The lowest BCUT2D eigenvalue weighted by Crippen LogP contribution is -2.73. The average Bonchev–Trinajstić information content (AvgIpc) is 3.14. The fourth-order valence-electron chi connectivity index (χ4n) is 8.44. The Labute approximate surface area is 315 Å². The Bertz CT molecular complexity index is 2030. The summed E-state index contributed by atoms with van der Waals surface area (Å²) in [6, 6.07) is 2.36. The van der Waals surface area contributed by atoms with E-state index < -0.39 is 118 Å². The van der Waals surface area contributed by atoms with E-state index >= 15 is 0 Å². The van der Waals surface area contributed by atoms with Gasteiger partial charge in [0.1, 0.15) is 29.4 Å². The number of nitrogens with one attached hydrogen (secondary N) is 1. The highest BCUT2D eigenvalue weighted by atomic mass is 16.6. The van der Waals surface area contributed by atoms with Crippen molar-refractivity contribution in [1.82, 2.24) is 5.32 Å². The number of ketones is 3. The van der Waals surface area contributed by atoms with Crippen LogP contribution in [0.5, 0.6) is 11.5 Å². The van der Waals surface area contributed by atoms with Gasteiger partial charge in [-0.15, -0.1) is 0 Å². The number of nitrogens with zero attached hydrogens (tertiary/aromatic N) is 1. The third kappa shape index (κ3) is 5.71. The van der Waals surface area contributed by atoms with Crippen molar-refractivity contribution in [2.75, 3.05) is 48.2 Å². The maximum atomic E-state index is 14.9. The first-order valence-electron chi connectivity index (χ1n) is 17.5. The van der Waals surface area contributed by atoms with Gasteiger partial charge in [-0.1, -0.05) is 6.07 Å². The molecule has 1 saturated heterocycles. The molecule has 0 aromatic heterocycles. The number of allylic oxidation sites excluding steroid dienone is 2. The van der Waals surface area contributed by atoms with Gasteiger partial charge in [-0.25, -0.2) is 4.79 Å². The van der Waals surface area contributed by atoms with Crippen LogP contribution in [0.15, 0.2) is 28.9 Å². The Morgan fingerprint density at radius 2 is 1.75 bits per heavy atom. The molecule has 0 unspecified atom stereocenters. The van der Waals surface area contributed by atoms with E-state index in [0.717, 1.165) is 20.3 Å². The third-order valence-electron chi connectivity index (χ3n) is 11.1. The SMILES string of the molecule is COCCC/N=C1\C=C(N[C@H]2O[C@@H](C)[C@H](OC)[C@@H](O)[C@H]2CO)C(=O)c2cc3c(c(O)c21)C(=O)[C@]1(OC)[C@H](O)Cc2cc(C)c(C(=O)OC)c(O)c2[C@]1(O)C3=O. The van der Waals surface area contributed by atoms with Gasteiger partial charge in [0.05, 0.1) is 60.5 Å². The molecular weight excluding hydrogens is 724 g/mol. The van der Waals surface area contributed by atoms with Crippen LogP contribution in [0, 0.1) is 12.8 Å². The van der Waals surface area contributed by atoms with Crippen LogP contribution in [0.1, 0.15) is 77.0 Å². The van der Waals surface area contributed by atoms with E-state index in [0.29, 0.717) is 13.0 Å². The molecule has 55 heavy (non-hydrogen) atoms. The lowest BCUT2D eigenvalue weighted by Gasteiger charge is -2.53. The fraction of sp³-hybridized carbons (Fsp3) is 0.500. The van der Waals surface area contributed by atoms with Gasteiger partial charge in [-0.05, 0) is 43.5 Å². The number of ether oxygens (including phenoxy) is 5. The molecule has 3 aliphatic carbocycles. The standard InChI is InChI=1S/C38H44N2O15/c1-15-10-17-11-23(42)38(54-6)34(48)26-19(33(47)37(38,50)27(17)31(46)24(15)36(49)53-5)12-18-25(30(26)45)21(39-8-7-9-51-3)13-22(28(18)43)40-35-20(14-41)29(44)32(52-4)16(2)55-35/h10,12-13,16,20,23,29,32,35,40-42,44-46,50H,7-9,11,14H2,1-6H3/b39-21+/t16-,20+,23+,29-,32-,35-,37-,38+/m0/s1. The van der Waals surface area contributed by atoms with Crippen molar-refractivity contribution in [3.05, 3.63) is 68.4 Å². The van der Waals surface area contributed by atoms with Crippen LogP contribution >= 0.6 is 0 Å². The van der Waals surface area contributed by atoms with E-state index in [1.54, 1.807) is 6.92 Å². The minimum atomic E-state index is -3.21. The molecule has 4 aliphatic rings. The molecule has 0 radical (unpaired) electrons. The summed E-state index contributed by atoms with van der Waals surface area (Å²) in [4.78, 5) is 61.3. The number of aliphatic hydroxyl groups excluding tert-OH is 3. The van der Waals surface area contributed by atoms with Crippen molar-refractivity contribution in [3.63, 3.8) is 0 Å². The number of aliphatic imine (C=N–C) groups is 1. The van der Waals surface area contributed by atoms with Gasteiger partial charge >= 0.3 is 5.97 Å². The first-order valence-corrected chi connectivity index (χ1v) is 17.5. The van der Waals surface area contributed by atoms with E-state index in [1.807, 2.05) is 0 Å². The van der Waals surface area contributed by atoms with E-state index in [1.165, 1.54) is 33.3 Å². The number of rotatable bonds is 10. The number of carbonyl (C=O) groups is 4. The highest BCUT2D eigenvalue weighted by Crippen LogP contribution is 2.56. The Morgan fingerprint density at radius 3 is 2.36 bits per heavy atom. The van der Waals surface area contributed by atoms with Crippen molar-refractivity contribution in [2.24, 2.45) is 10.9 Å². The molecule has 0 spiro atoms. The number of carbonyl (C=O) groups excluding carboxylic acids is 4. The van der Waals surface area contributed by atoms with E-state index in [-0.39, 0.29) is 40.2 Å². The minimum absolute atomic E-state index is 0.00819. The fourth-order valence-corrected chi connectivity index (χ4v) is 8.44. The number of hydrogen-bond donors (Lipinski definition) is 7. The summed E-state index contributed by atoms with van der Waals surface area (Å²) in [6.07, 6.45) is -4.49. The quantitative estimate of drug-likeness (QED) is 0.124. The monoisotopic (exact) mass is 768 g/mol. The Hall–Kier alpha value is -4.59. The molecule has 8 atom stereocenters. The summed E-state index contributed by atoms with van der Waals surface area (Å²) >= 11 is 0. The number of hydrogen-bond acceptors (Lipinski definition) is 17. The Balaban J connectivity index is 1.56. The van der Waals surface area contributed by atoms with Crippen molar-refractivity contribution in [1.29, 1.82) is 0 Å². The van der Waals surface area contributed by atoms with Crippen LogP contribution in [0.3, 0.4) is 0 Å². The van der Waals surface area contributed by atoms with Crippen LogP contribution in [0.2, 0.25) is 0 Å². The number of phenols is 2. The number of benzene rings is 2. The molecule has 17 nitrogen and oxygen atoms in total. The molecule has 2 aromatic carbocycles. The predicted molar refractivity (Wildman–Crippen MR) is 189 cm³/mol. The van der Waals surface area contributed by atoms with Crippen LogP contribution < -0.4 is 5.32 Å². The topological polar surface area (TPSA) is 260 Å². The number of phenolic OH excluding ortho intramolecular Hbond substituents is 2. The van der Waals surface area contributed by atoms with Crippen molar-refractivity contribution in [3.8, 4) is 11.5 Å². The van der Waals surface area contributed by atoms with Crippen LogP contribution in [0.4, 0.5) is 0 Å². The second-order valence-electron chi connectivity index (χ2n) is 14.0. The van der Waals surface area contributed by atoms with E-state index in [2.05, 4.69) is 10.3 Å². The number of aliphatic hydroxyl groups is 4. The smallest absolute Gasteiger partial charge is 0.341 e. The maximum Gasteiger partial charge on any atom is 0.341 e. The summed E-state index contributed by atoms with van der Waals surface area (Å²) in [5.41, 5.74) is -8.96. The molecular formula is C38H44N2O15. The van der Waals surface area contributed by atoms with Crippen molar-refractivity contribution < 1.29 is 73.5 Å².